The van der Waals surface area contributed by atoms with Crippen molar-refractivity contribution in [2.24, 2.45) is 0 Å². The van der Waals surface area contributed by atoms with Crippen molar-refractivity contribution in [3.05, 3.63) is 65.7 Å². The maximum absolute atomic E-state index is 11.7. The van der Waals surface area contributed by atoms with Crippen LogP contribution in [0.3, 0.4) is 0 Å². The lowest BCUT2D eigenvalue weighted by molar-refractivity contribution is 0.0734. The highest BCUT2D eigenvalue weighted by atomic mass is 16.5. The third-order valence-electron chi connectivity index (χ3n) is 2.50. The lowest BCUT2D eigenvalue weighted by Crippen LogP contribution is -2.07. The summed E-state index contributed by atoms with van der Waals surface area (Å²) < 4.78 is 5.25. The first-order chi connectivity index (χ1) is 8.29. The molecule has 2 aromatic carbocycles. The molecule has 0 N–H and O–H groups in total. The number of carbonyl (C=O) groups is 1. The maximum atomic E-state index is 11.7. The molecule has 0 heterocycles. The van der Waals surface area contributed by atoms with Crippen molar-refractivity contribution in [2.45, 2.75) is 13.3 Å². The minimum Gasteiger partial charge on any atom is -0.423 e. The fraction of sp³-hybridized carbons (Fsp3) is 0.133. The van der Waals surface area contributed by atoms with Gasteiger partial charge in [0.05, 0.1) is 5.56 Å². The van der Waals surface area contributed by atoms with Gasteiger partial charge in [-0.25, -0.2) is 4.79 Å². The Kier molecular flexibility index (Phi) is 3.55. The van der Waals surface area contributed by atoms with Crippen LogP contribution >= 0.6 is 0 Å². The zero-order valence-electron chi connectivity index (χ0n) is 9.64. The smallest absolute Gasteiger partial charge is 0.343 e. The van der Waals surface area contributed by atoms with Crippen LogP contribution in [0, 0.1) is 6.07 Å². The standard InChI is InChI=1S/C15H13O2/c1-2-12-8-10-14(11-9-12)17-15(16)13-6-4-3-5-7-13/h4-11H,2H2,1H3. The molecule has 2 rings (SSSR count). The summed E-state index contributed by atoms with van der Waals surface area (Å²) in [6, 6.07) is 17.1. The molecule has 85 valence electrons. The van der Waals surface area contributed by atoms with E-state index in [0.717, 1.165) is 6.42 Å². The average Bonchev–Trinajstić information content (AvgIpc) is 2.40. The summed E-state index contributed by atoms with van der Waals surface area (Å²) in [4.78, 5) is 11.7. The number of rotatable bonds is 3. The van der Waals surface area contributed by atoms with Crippen molar-refractivity contribution in [3.8, 4) is 5.75 Å². The number of ether oxygens (including phenoxy) is 1. The van der Waals surface area contributed by atoms with Gasteiger partial charge in [-0.3, -0.25) is 0 Å². The van der Waals surface area contributed by atoms with Crippen LogP contribution in [0.1, 0.15) is 22.8 Å². The third kappa shape index (κ3) is 2.94. The Labute approximate surface area is 101 Å². The first-order valence-corrected chi connectivity index (χ1v) is 5.57. The predicted molar refractivity (Wildman–Crippen MR) is 66.1 cm³/mol. The van der Waals surface area contributed by atoms with Crippen LogP contribution in [0.2, 0.25) is 0 Å². The van der Waals surface area contributed by atoms with Crippen LogP contribution in [-0.4, -0.2) is 5.97 Å². The Morgan fingerprint density at radius 2 is 1.76 bits per heavy atom. The molecule has 2 aromatic rings. The second-order valence-electron chi connectivity index (χ2n) is 3.68. The van der Waals surface area contributed by atoms with Crippen LogP contribution in [-0.2, 0) is 6.42 Å². The molecule has 0 aliphatic rings. The molecule has 0 bridgehead atoms. The summed E-state index contributed by atoms with van der Waals surface area (Å²) in [6.45, 7) is 2.08. The first kappa shape index (κ1) is 11.4. The van der Waals surface area contributed by atoms with Gasteiger partial charge in [-0.15, -0.1) is 0 Å². The molecule has 0 saturated heterocycles. The van der Waals surface area contributed by atoms with Gasteiger partial charge in [-0.2, -0.15) is 0 Å². The molecule has 17 heavy (non-hydrogen) atoms. The molecule has 0 saturated carbocycles. The van der Waals surface area contributed by atoms with Gasteiger partial charge in [0.2, 0.25) is 0 Å². The van der Waals surface area contributed by atoms with Crippen molar-refractivity contribution >= 4 is 5.97 Å². The number of hydrogen-bond acceptors (Lipinski definition) is 2. The van der Waals surface area contributed by atoms with Crippen LogP contribution in [0.15, 0.2) is 48.5 Å². The Bertz CT molecular complexity index is 486. The topological polar surface area (TPSA) is 26.3 Å². The van der Waals surface area contributed by atoms with Crippen LogP contribution in [0.4, 0.5) is 0 Å². The van der Waals surface area contributed by atoms with E-state index < -0.39 is 0 Å². The van der Waals surface area contributed by atoms with Gasteiger partial charge in [0, 0.05) is 0 Å². The number of benzene rings is 2. The Balaban J connectivity index is 2.08. The second kappa shape index (κ2) is 5.30. The number of hydrogen-bond donors (Lipinski definition) is 0. The molecule has 1 radical (unpaired) electrons. The van der Waals surface area contributed by atoms with Crippen molar-refractivity contribution in [3.63, 3.8) is 0 Å². The minimum atomic E-state index is -0.344. The van der Waals surface area contributed by atoms with E-state index in [4.69, 9.17) is 4.74 Å². The van der Waals surface area contributed by atoms with Gasteiger partial charge in [-0.1, -0.05) is 31.2 Å². The van der Waals surface area contributed by atoms with E-state index in [1.54, 1.807) is 24.3 Å². The monoisotopic (exact) mass is 225 g/mol. The van der Waals surface area contributed by atoms with Crippen molar-refractivity contribution in [1.82, 2.24) is 0 Å². The zero-order valence-corrected chi connectivity index (χ0v) is 9.64. The van der Waals surface area contributed by atoms with Gasteiger partial charge in [0.1, 0.15) is 5.75 Å². The van der Waals surface area contributed by atoms with Gasteiger partial charge in [0.15, 0.2) is 0 Å². The Morgan fingerprint density at radius 3 is 2.35 bits per heavy atom. The van der Waals surface area contributed by atoms with Gasteiger partial charge in [-0.05, 0) is 42.3 Å². The SMILES string of the molecule is CCc1ccc(OC(=O)c2cc[c]cc2)cc1. The molecule has 0 fully saturated rings. The highest BCUT2D eigenvalue weighted by Crippen LogP contribution is 2.14. The fourth-order valence-corrected chi connectivity index (χ4v) is 1.48. The summed E-state index contributed by atoms with van der Waals surface area (Å²) in [5, 5.41) is 0. The average molecular weight is 225 g/mol. The van der Waals surface area contributed by atoms with E-state index in [-0.39, 0.29) is 5.97 Å². The molecule has 2 heteroatoms. The van der Waals surface area contributed by atoms with Gasteiger partial charge < -0.3 is 4.74 Å². The van der Waals surface area contributed by atoms with Gasteiger partial charge >= 0.3 is 5.97 Å². The molecule has 0 amide bonds. The summed E-state index contributed by atoms with van der Waals surface area (Å²) in [5.41, 5.74) is 1.75. The summed E-state index contributed by atoms with van der Waals surface area (Å²) >= 11 is 0. The van der Waals surface area contributed by atoms with Crippen LogP contribution < -0.4 is 4.74 Å². The molecule has 0 unspecified atom stereocenters. The second-order valence-corrected chi connectivity index (χ2v) is 3.68. The van der Waals surface area contributed by atoms with E-state index >= 15 is 0 Å². The predicted octanol–water partition coefficient (Wildman–Crippen LogP) is 3.27. The molecule has 0 aliphatic carbocycles. The molecule has 2 nitrogen and oxygen atoms in total. The number of carbonyl (C=O) groups excluding carboxylic acids is 1. The van der Waals surface area contributed by atoms with E-state index in [2.05, 4.69) is 13.0 Å². The largest absolute Gasteiger partial charge is 0.423 e. The highest BCUT2D eigenvalue weighted by Gasteiger charge is 2.07. The van der Waals surface area contributed by atoms with Crippen LogP contribution in [0.25, 0.3) is 0 Å². The first-order valence-electron chi connectivity index (χ1n) is 5.57. The van der Waals surface area contributed by atoms with Crippen molar-refractivity contribution < 1.29 is 9.53 Å². The fourth-order valence-electron chi connectivity index (χ4n) is 1.48. The van der Waals surface area contributed by atoms with E-state index in [1.165, 1.54) is 5.56 Å². The minimum absolute atomic E-state index is 0.344. The maximum Gasteiger partial charge on any atom is 0.343 e. The zero-order chi connectivity index (χ0) is 12.1. The van der Waals surface area contributed by atoms with Crippen molar-refractivity contribution in [1.29, 1.82) is 0 Å². The number of esters is 1. The highest BCUT2D eigenvalue weighted by molar-refractivity contribution is 5.90. The Hall–Kier alpha value is -2.09. The molecule has 0 atom stereocenters. The Morgan fingerprint density at radius 1 is 1.12 bits per heavy atom. The van der Waals surface area contributed by atoms with E-state index in [9.17, 15) is 4.79 Å². The van der Waals surface area contributed by atoms with E-state index in [1.807, 2.05) is 24.3 Å². The number of aryl methyl sites for hydroxylation is 1. The summed E-state index contributed by atoms with van der Waals surface area (Å²) in [7, 11) is 0. The molecular formula is C15H13O2. The summed E-state index contributed by atoms with van der Waals surface area (Å²) in [5.74, 6) is 0.225. The van der Waals surface area contributed by atoms with Crippen molar-refractivity contribution in [2.75, 3.05) is 0 Å². The van der Waals surface area contributed by atoms with Gasteiger partial charge in [0.25, 0.3) is 0 Å². The summed E-state index contributed by atoms with van der Waals surface area (Å²) in [6.07, 6.45) is 0.975. The molecular weight excluding hydrogens is 212 g/mol. The van der Waals surface area contributed by atoms with E-state index in [0.29, 0.717) is 11.3 Å². The molecule has 0 aliphatic heterocycles. The van der Waals surface area contributed by atoms with Crippen LogP contribution in [0.5, 0.6) is 5.75 Å². The lowest BCUT2D eigenvalue weighted by atomic mass is 10.2. The molecule has 0 spiro atoms. The third-order valence-corrected chi connectivity index (χ3v) is 2.50. The quantitative estimate of drug-likeness (QED) is 0.592. The normalized spacial score (nSPS) is 9.94. The lowest BCUT2D eigenvalue weighted by Gasteiger charge is -2.04. The molecule has 0 aromatic heterocycles.